The summed E-state index contributed by atoms with van der Waals surface area (Å²) in [4.78, 5) is 17.8. The van der Waals surface area contributed by atoms with Gasteiger partial charge in [0.05, 0.1) is 12.2 Å². The molecule has 0 saturated carbocycles. The van der Waals surface area contributed by atoms with E-state index in [1.165, 1.54) is 4.70 Å². The highest BCUT2D eigenvalue weighted by Gasteiger charge is 2.16. The van der Waals surface area contributed by atoms with Crippen LogP contribution in [0, 0.1) is 0 Å². The molecule has 0 aliphatic heterocycles. The van der Waals surface area contributed by atoms with Gasteiger partial charge in [0.15, 0.2) is 0 Å². The van der Waals surface area contributed by atoms with Crippen molar-refractivity contribution in [3.8, 4) is 0 Å². The molecule has 3 rings (SSSR count). The number of hydrogen-bond acceptors (Lipinski definition) is 4. The van der Waals surface area contributed by atoms with Crippen molar-refractivity contribution in [3.05, 3.63) is 54.2 Å². The standard InChI is InChI=1S/C15H13N3OS/c16-10-15(19)18(12-3-6-17-7-4-12)13-1-2-14-11(9-13)5-8-20-14/h1-9H,10,16H2. The minimum Gasteiger partial charge on any atom is -0.322 e. The number of aromatic nitrogens is 1. The van der Waals surface area contributed by atoms with Crippen LogP contribution in [0.5, 0.6) is 0 Å². The summed E-state index contributed by atoms with van der Waals surface area (Å²) in [5.74, 6) is -0.147. The minimum atomic E-state index is -0.147. The van der Waals surface area contributed by atoms with Gasteiger partial charge in [-0.3, -0.25) is 14.7 Å². The monoisotopic (exact) mass is 283 g/mol. The van der Waals surface area contributed by atoms with Crippen molar-refractivity contribution >= 4 is 38.7 Å². The molecular formula is C15H13N3OS. The zero-order valence-electron chi connectivity index (χ0n) is 10.7. The van der Waals surface area contributed by atoms with E-state index in [4.69, 9.17) is 5.73 Å². The van der Waals surface area contributed by atoms with Crippen molar-refractivity contribution in [2.45, 2.75) is 0 Å². The van der Waals surface area contributed by atoms with Gasteiger partial charge in [0.2, 0.25) is 5.91 Å². The van der Waals surface area contributed by atoms with E-state index < -0.39 is 0 Å². The molecule has 0 aliphatic carbocycles. The van der Waals surface area contributed by atoms with Gasteiger partial charge in [-0.2, -0.15) is 0 Å². The van der Waals surface area contributed by atoms with Crippen LogP contribution in [-0.2, 0) is 4.79 Å². The third-order valence-corrected chi connectivity index (χ3v) is 3.94. The smallest absolute Gasteiger partial charge is 0.245 e. The second-order valence-electron chi connectivity index (χ2n) is 4.28. The molecule has 3 aromatic rings. The Labute approximate surface area is 120 Å². The Kier molecular flexibility index (Phi) is 3.45. The van der Waals surface area contributed by atoms with Crippen LogP contribution in [0.3, 0.4) is 0 Å². The number of thiophene rings is 1. The molecule has 0 radical (unpaired) electrons. The van der Waals surface area contributed by atoms with Crippen LogP contribution in [-0.4, -0.2) is 17.4 Å². The Hall–Kier alpha value is -2.24. The van der Waals surface area contributed by atoms with E-state index in [1.54, 1.807) is 40.8 Å². The Morgan fingerprint density at radius 2 is 1.95 bits per heavy atom. The van der Waals surface area contributed by atoms with Gasteiger partial charge in [-0.25, -0.2) is 0 Å². The number of rotatable bonds is 3. The van der Waals surface area contributed by atoms with Crippen LogP contribution in [0.25, 0.3) is 10.1 Å². The molecule has 2 aromatic heterocycles. The third kappa shape index (κ3) is 2.29. The van der Waals surface area contributed by atoms with Gasteiger partial charge in [-0.05, 0) is 47.2 Å². The van der Waals surface area contributed by atoms with Crippen molar-refractivity contribution in [1.29, 1.82) is 0 Å². The summed E-state index contributed by atoms with van der Waals surface area (Å²) in [5, 5.41) is 3.16. The molecule has 0 atom stereocenters. The first-order valence-electron chi connectivity index (χ1n) is 6.20. The molecule has 0 spiro atoms. The summed E-state index contributed by atoms with van der Waals surface area (Å²) in [6.07, 6.45) is 3.32. The molecule has 5 heteroatoms. The highest BCUT2D eigenvalue weighted by molar-refractivity contribution is 7.17. The van der Waals surface area contributed by atoms with Crippen molar-refractivity contribution in [3.63, 3.8) is 0 Å². The summed E-state index contributed by atoms with van der Waals surface area (Å²) in [5.41, 5.74) is 7.12. The van der Waals surface area contributed by atoms with Crippen LogP contribution in [0.2, 0.25) is 0 Å². The predicted molar refractivity (Wildman–Crippen MR) is 82.3 cm³/mol. The summed E-state index contributed by atoms with van der Waals surface area (Å²) in [7, 11) is 0. The number of nitrogens with two attached hydrogens (primary N) is 1. The largest absolute Gasteiger partial charge is 0.322 e. The molecule has 1 aromatic carbocycles. The Morgan fingerprint density at radius 1 is 1.15 bits per heavy atom. The van der Waals surface area contributed by atoms with E-state index in [0.717, 1.165) is 16.8 Å². The van der Waals surface area contributed by atoms with E-state index in [9.17, 15) is 4.79 Å². The normalized spacial score (nSPS) is 10.7. The second-order valence-corrected chi connectivity index (χ2v) is 5.23. The van der Waals surface area contributed by atoms with Crippen LogP contribution in [0.4, 0.5) is 11.4 Å². The number of pyridine rings is 1. The number of benzene rings is 1. The maximum Gasteiger partial charge on any atom is 0.245 e. The molecule has 1 amide bonds. The highest BCUT2D eigenvalue weighted by atomic mass is 32.1. The lowest BCUT2D eigenvalue weighted by Crippen LogP contribution is -2.32. The van der Waals surface area contributed by atoms with Crippen LogP contribution in [0.15, 0.2) is 54.2 Å². The molecule has 0 aliphatic rings. The molecule has 4 nitrogen and oxygen atoms in total. The fraction of sp³-hybridized carbons (Fsp3) is 0.0667. The SMILES string of the molecule is NCC(=O)N(c1ccncc1)c1ccc2sccc2c1. The summed E-state index contributed by atoms with van der Waals surface area (Å²) in [6.45, 7) is -0.0377. The molecule has 2 heterocycles. The predicted octanol–water partition coefficient (Wildman–Crippen LogP) is 2.92. The molecule has 0 saturated heterocycles. The van der Waals surface area contributed by atoms with Crippen LogP contribution in [0.1, 0.15) is 0 Å². The van der Waals surface area contributed by atoms with Crippen molar-refractivity contribution < 1.29 is 4.79 Å². The van der Waals surface area contributed by atoms with Gasteiger partial charge in [0.1, 0.15) is 0 Å². The Balaban J connectivity index is 2.11. The van der Waals surface area contributed by atoms with Gasteiger partial charge in [-0.1, -0.05) is 0 Å². The highest BCUT2D eigenvalue weighted by Crippen LogP contribution is 2.30. The number of carbonyl (C=O) groups excluding carboxylic acids is 1. The molecule has 2 N–H and O–H groups in total. The first kappa shape index (κ1) is 12.8. The van der Waals surface area contributed by atoms with Gasteiger partial charge in [-0.15, -0.1) is 11.3 Å². The number of nitrogens with zero attached hydrogens (tertiary/aromatic N) is 2. The number of fused-ring (bicyclic) bond motifs is 1. The quantitative estimate of drug-likeness (QED) is 0.804. The average Bonchev–Trinajstić information content (AvgIpc) is 2.96. The van der Waals surface area contributed by atoms with Gasteiger partial charge in [0.25, 0.3) is 0 Å². The molecule has 20 heavy (non-hydrogen) atoms. The fourth-order valence-electron chi connectivity index (χ4n) is 2.11. The number of carbonyl (C=O) groups is 1. The molecule has 0 unspecified atom stereocenters. The zero-order valence-corrected chi connectivity index (χ0v) is 11.5. The minimum absolute atomic E-state index is 0.0377. The molecular weight excluding hydrogens is 270 g/mol. The lowest BCUT2D eigenvalue weighted by molar-refractivity contribution is -0.116. The average molecular weight is 283 g/mol. The van der Waals surface area contributed by atoms with Gasteiger partial charge in [0, 0.05) is 22.8 Å². The van der Waals surface area contributed by atoms with E-state index in [-0.39, 0.29) is 12.5 Å². The summed E-state index contributed by atoms with van der Waals surface area (Å²) in [6, 6.07) is 11.6. The number of hydrogen-bond donors (Lipinski definition) is 1. The van der Waals surface area contributed by atoms with Gasteiger partial charge < -0.3 is 5.73 Å². The lowest BCUT2D eigenvalue weighted by atomic mass is 10.2. The van der Waals surface area contributed by atoms with E-state index in [2.05, 4.69) is 4.98 Å². The fourth-order valence-corrected chi connectivity index (χ4v) is 2.89. The summed E-state index contributed by atoms with van der Waals surface area (Å²) < 4.78 is 1.20. The maximum atomic E-state index is 12.2. The van der Waals surface area contributed by atoms with E-state index >= 15 is 0 Å². The first-order chi connectivity index (χ1) is 9.79. The van der Waals surface area contributed by atoms with Crippen molar-refractivity contribution in [2.24, 2.45) is 5.73 Å². The molecule has 0 bridgehead atoms. The van der Waals surface area contributed by atoms with Crippen molar-refractivity contribution in [2.75, 3.05) is 11.4 Å². The summed E-state index contributed by atoms with van der Waals surface area (Å²) >= 11 is 1.68. The van der Waals surface area contributed by atoms with Crippen LogP contribution >= 0.6 is 11.3 Å². The number of amides is 1. The topological polar surface area (TPSA) is 59.2 Å². The third-order valence-electron chi connectivity index (χ3n) is 3.04. The van der Waals surface area contributed by atoms with E-state index in [0.29, 0.717) is 0 Å². The van der Waals surface area contributed by atoms with E-state index in [1.807, 2.05) is 29.6 Å². The van der Waals surface area contributed by atoms with Crippen LogP contribution < -0.4 is 10.6 Å². The molecule has 100 valence electrons. The van der Waals surface area contributed by atoms with Crippen molar-refractivity contribution in [1.82, 2.24) is 4.98 Å². The van der Waals surface area contributed by atoms with Gasteiger partial charge >= 0.3 is 0 Å². The molecule has 0 fully saturated rings. The lowest BCUT2D eigenvalue weighted by Gasteiger charge is -2.22. The first-order valence-corrected chi connectivity index (χ1v) is 7.08. The Morgan fingerprint density at radius 3 is 2.70 bits per heavy atom. The number of anilines is 2. The second kappa shape index (κ2) is 5.40. The maximum absolute atomic E-state index is 12.2. The Bertz CT molecular complexity index is 739. The zero-order chi connectivity index (χ0) is 13.9.